The molecule has 0 unspecified atom stereocenters. The summed E-state index contributed by atoms with van der Waals surface area (Å²) in [7, 11) is 0. The fraction of sp³-hybridized carbons (Fsp3) is 0.491. The Kier molecular flexibility index (Phi) is 21.3. The van der Waals surface area contributed by atoms with E-state index in [1.165, 1.54) is 6.07 Å². The Balaban J connectivity index is 0.000000302. The smallest absolute Gasteiger partial charge is 0.407 e. The van der Waals surface area contributed by atoms with Gasteiger partial charge >= 0.3 is 41.6 Å². The first-order valence-electron chi connectivity index (χ1n) is 23.7. The van der Waals surface area contributed by atoms with Gasteiger partial charge in [-0.3, -0.25) is 24.0 Å². The maximum Gasteiger partial charge on any atom is 0.407 e. The number of Topliss-reactive ketones (excluding diaryl/α,β-unsaturated/α-hetero) is 1. The number of carboxylic acid groups (broad SMARTS) is 2. The first kappa shape index (κ1) is 58.5. The molecule has 0 fully saturated rings. The lowest BCUT2D eigenvalue weighted by atomic mass is 9.98. The zero-order valence-electron chi connectivity index (χ0n) is 43.1. The molecule has 16 heteroatoms. The fourth-order valence-electron chi connectivity index (χ4n) is 7.23. The van der Waals surface area contributed by atoms with E-state index in [2.05, 4.69) is 5.32 Å². The van der Waals surface area contributed by atoms with Crippen LogP contribution in [-0.2, 0) is 54.1 Å². The van der Waals surface area contributed by atoms with E-state index in [1.807, 2.05) is 88.4 Å². The normalized spacial score (nSPS) is 13.3. The highest BCUT2D eigenvalue weighted by atomic mass is 16.6. The second-order valence-corrected chi connectivity index (χ2v) is 20.6. The number of fused-ring (bicyclic) bond motifs is 4. The summed E-state index contributed by atoms with van der Waals surface area (Å²) in [6.07, 6.45) is 0.163. The Morgan fingerprint density at radius 3 is 1.59 bits per heavy atom. The van der Waals surface area contributed by atoms with Crippen molar-refractivity contribution in [2.75, 3.05) is 6.61 Å². The third-order valence-corrected chi connectivity index (χ3v) is 10.7. The summed E-state index contributed by atoms with van der Waals surface area (Å²) in [5.74, 6) is -4.02. The molecular formula is C55H71NO15. The molecule has 0 spiro atoms. The van der Waals surface area contributed by atoms with Crippen LogP contribution in [0.4, 0.5) is 4.79 Å². The molecule has 16 nitrogen and oxygen atoms in total. The van der Waals surface area contributed by atoms with Crippen molar-refractivity contribution in [1.82, 2.24) is 5.32 Å². The van der Waals surface area contributed by atoms with E-state index < -0.39 is 52.5 Å². The lowest BCUT2D eigenvalue weighted by molar-refractivity contribution is -0.160. The standard InChI is InChI=1S/C24H27NO6.C21H26O5.C10H18O4/c1-24(2,3)31-22(28)20(12-13-21(26)27)25-23(29)30-14-19-17-10-6-4-8-15(17)16-9-5-7-11-18(16)19;1-13(20(24)26-21(3,4)5)6-8-16(22)11-15-7-9-17-14(2)10-19(23)25-18(17)12-15;1-7(5-6-8(11)12)9(13)14-10(2,3)4/h4-11,19-20H,12-14H2,1-3H3,(H,25,29)(H,26,27);7,9-10,12-13H,6,8,11H2,1-5H3;7H,5-6H2,1-4H3,(H,11,12)/t20-;13-;7-/m000/s1. The van der Waals surface area contributed by atoms with E-state index in [9.17, 15) is 38.4 Å². The van der Waals surface area contributed by atoms with Crippen molar-refractivity contribution >= 4 is 52.7 Å². The third kappa shape index (κ3) is 20.6. The average Bonchev–Trinajstić information content (AvgIpc) is 3.57. The average molecular weight is 986 g/mol. The highest BCUT2D eigenvalue weighted by molar-refractivity contribution is 5.86. The topological polar surface area (TPSA) is 239 Å². The molecule has 1 amide bonds. The van der Waals surface area contributed by atoms with Crippen LogP contribution < -0.4 is 10.9 Å². The summed E-state index contributed by atoms with van der Waals surface area (Å²) in [6.45, 7) is 21.3. The molecule has 1 aliphatic carbocycles. The van der Waals surface area contributed by atoms with Crippen LogP contribution in [0.5, 0.6) is 0 Å². The van der Waals surface area contributed by atoms with Gasteiger partial charge < -0.3 is 38.9 Å². The second-order valence-electron chi connectivity index (χ2n) is 20.6. The molecule has 0 bridgehead atoms. The number of carbonyl (C=O) groups excluding carboxylic acids is 5. The van der Waals surface area contributed by atoms with Crippen LogP contribution in [0.3, 0.4) is 0 Å². The number of rotatable bonds is 17. The Morgan fingerprint density at radius 1 is 0.634 bits per heavy atom. The van der Waals surface area contributed by atoms with Crippen LogP contribution in [0.2, 0.25) is 0 Å². The van der Waals surface area contributed by atoms with Crippen LogP contribution in [0.1, 0.15) is 143 Å². The fourth-order valence-corrected chi connectivity index (χ4v) is 7.23. The van der Waals surface area contributed by atoms with Crippen molar-refractivity contribution in [2.24, 2.45) is 11.8 Å². The SMILES string of the molecule is CC(C)(C)OC(=O)[C@H](CCC(=O)O)NC(=O)OCC1c2ccccc2-c2ccccc21.C[C@@H](CCC(=O)O)C(=O)OC(C)(C)C.Cc1cc(=O)oc2cc(CC(=O)CC[C@H](C)C(=O)OC(C)(C)C)ccc12. The highest BCUT2D eigenvalue weighted by Gasteiger charge is 2.31. The molecule has 0 saturated heterocycles. The van der Waals surface area contributed by atoms with Gasteiger partial charge in [-0.1, -0.05) is 74.5 Å². The van der Waals surface area contributed by atoms with Crippen molar-refractivity contribution in [2.45, 2.75) is 157 Å². The Morgan fingerprint density at radius 2 is 1.10 bits per heavy atom. The molecular weight excluding hydrogens is 915 g/mol. The molecule has 71 heavy (non-hydrogen) atoms. The molecule has 1 aliphatic rings. The van der Waals surface area contributed by atoms with E-state index in [1.54, 1.807) is 61.5 Å². The first-order chi connectivity index (χ1) is 32.9. The number of ether oxygens (including phenoxy) is 4. The number of esters is 3. The summed E-state index contributed by atoms with van der Waals surface area (Å²) in [5, 5.41) is 20.7. The summed E-state index contributed by atoms with van der Waals surface area (Å²) in [6, 6.07) is 21.7. The van der Waals surface area contributed by atoms with Gasteiger partial charge in [-0.25, -0.2) is 14.4 Å². The number of hydrogen-bond acceptors (Lipinski definition) is 13. The van der Waals surface area contributed by atoms with E-state index >= 15 is 0 Å². The molecule has 386 valence electrons. The van der Waals surface area contributed by atoms with Crippen molar-refractivity contribution in [3.8, 4) is 11.1 Å². The molecule has 0 aliphatic heterocycles. The summed E-state index contributed by atoms with van der Waals surface area (Å²) in [4.78, 5) is 93.1. The zero-order chi connectivity index (χ0) is 53.4. The predicted molar refractivity (Wildman–Crippen MR) is 267 cm³/mol. The number of aliphatic carboxylic acids is 2. The predicted octanol–water partition coefficient (Wildman–Crippen LogP) is 9.90. The van der Waals surface area contributed by atoms with Crippen molar-refractivity contribution in [3.05, 3.63) is 105 Å². The summed E-state index contributed by atoms with van der Waals surface area (Å²) < 4.78 is 26.4. The summed E-state index contributed by atoms with van der Waals surface area (Å²) in [5.41, 5.74) is 4.31. The van der Waals surface area contributed by atoms with Gasteiger partial charge in [-0.15, -0.1) is 0 Å². The van der Waals surface area contributed by atoms with E-state index in [0.717, 1.165) is 38.8 Å². The van der Waals surface area contributed by atoms with Gasteiger partial charge in [0.05, 0.1) is 11.8 Å². The molecule has 4 aromatic rings. The van der Waals surface area contributed by atoms with Crippen LogP contribution in [0.15, 0.2) is 82.0 Å². The lowest BCUT2D eigenvalue weighted by Gasteiger charge is -2.24. The number of alkyl carbamates (subject to hydrolysis) is 1. The van der Waals surface area contributed by atoms with Gasteiger partial charge in [0, 0.05) is 43.1 Å². The molecule has 1 heterocycles. The number of benzene rings is 3. The number of carboxylic acids is 2. The first-order valence-corrected chi connectivity index (χ1v) is 23.7. The number of ketones is 1. The van der Waals surface area contributed by atoms with Crippen molar-refractivity contribution in [3.63, 3.8) is 0 Å². The molecule has 3 atom stereocenters. The minimum Gasteiger partial charge on any atom is -0.481 e. The largest absolute Gasteiger partial charge is 0.481 e. The third-order valence-electron chi connectivity index (χ3n) is 10.7. The van der Waals surface area contributed by atoms with Crippen molar-refractivity contribution in [1.29, 1.82) is 0 Å². The molecule has 1 aromatic heterocycles. The number of hydrogen-bond donors (Lipinski definition) is 3. The number of nitrogens with one attached hydrogen (secondary N) is 1. The number of amides is 1. The molecule has 0 saturated carbocycles. The van der Waals surface area contributed by atoms with E-state index in [0.29, 0.717) is 24.8 Å². The molecule has 5 rings (SSSR count). The minimum absolute atomic E-state index is 0.000406. The molecule has 3 aromatic carbocycles. The van der Waals surface area contributed by atoms with E-state index in [4.69, 9.17) is 33.6 Å². The van der Waals surface area contributed by atoms with E-state index in [-0.39, 0.29) is 67.8 Å². The minimum atomic E-state index is -1.11. The maximum atomic E-state index is 12.5. The van der Waals surface area contributed by atoms with Gasteiger partial charge in [0.25, 0.3) is 0 Å². The maximum absolute atomic E-state index is 12.5. The lowest BCUT2D eigenvalue weighted by Crippen LogP contribution is -2.44. The Labute approximate surface area is 415 Å². The van der Waals surface area contributed by atoms with Crippen LogP contribution in [0.25, 0.3) is 22.1 Å². The van der Waals surface area contributed by atoms with Crippen LogP contribution in [-0.4, -0.2) is 81.4 Å². The highest BCUT2D eigenvalue weighted by Crippen LogP contribution is 2.44. The number of carbonyl (C=O) groups is 7. The van der Waals surface area contributed by atoms with Gasteiger partial charge in [-0.2, -0.15) is 0 Å². The molecule has 3 N–H and O–H groups in total. The summed E-state index contributed by atoms with van der Waals surface area (Å²) >= 11 is 0. The second kappa shape index (κ2) is 25.9. The van der Waals surface area contributed by atoms with Gasteiger partial charge in [0.2, 0.25) is 0 Å². The Bertz CT molecular complexity index is 2530. The quantitative estimate of drug-likeness (QED) is 0.0507. The van der Waals surface area contributed by atoms with Crippen LogP contribution in [0, 0.1) is 18.8 Å². The molecule has 0 radical (unpaired) electrons. The van der Waals surface area contributed by atoms with Gasteiger partial charge in [0.1, 0.15) is 40.8 Å². The Hall–Kier alpha value is -6.84. The van der Waals surface area contributed by atoms with Crippen molar-refractivity contribution < 1.29 is 67.1 Å². The van der Waals surface area contributed by atoms with Gasteiger partial charge in [-0.05, 0) is 128 Å². The van der Waals surface area contributed by atoms with Gasteiger partial charge in [0.15, 0.2) is 0 Å². The number of aryl methyl sites for hydroxylation is 1. The van der Waals surface area contributed by atoms with Crippen LogP contribution >= 0.6 is 0 Å². The monoisotopic (exact) mass is 985 g/mol. The zero-order valence-corrected chi connectivity index (χ0v) is 43.1.